The average Bonchev–Trinajstić information content (AvgIpc) is 2.94. The molecule has 8 heteroatoms. The highest BCUT2D eigenvalue weighted by atomic mass is 32.2. The number of aryl methyl sites for hydroxylation is 2. The van der Waals surface area contributed by atoms with E-state index in [4.69, 9.17) is 4.74 Å². The molecule has 0 aliphatic rings. The highest BCUT2D eigenvalue weighted by Crippen LogP contribution is 2.24. The fourth-order valence-electron chi connectivity index (χ4n) is 2.39. The largest absolute Gasteiger partial charge is 0.450 e. The van der Waals surface area contributed by atoms with Crippen LogP contribution in [0.15, 0.2) is 30.3 Å². The van der Waals surface area contributed by atoms with Gasteiger partial charge in [-0.15, -0.1) is 11.3 Å². The Hall–Kier alpha value is -2.19. The van der Waals surface area contributed by atoms with Crippen LogP contribution in [0.4, 0.5) is 5.69 Å². The number of Topliss-reactive ketones (excluding diaryl/α,β-unsaturated/α-hetero) is 1. The van der Waals surface area contributed by atoms with Gasteiger partial charge in [0.05, 0.1) is 6.26 Å². The first-order chi connectivity index (χ1) is 12.1. The Kier molecular flexibility index (Phi) is 6.20. The molecular weight excluding hydrogens is 374 g/mol. The molecule has 0 amide bonds. The van der Waals surface area contributed by atoms with Gasteiger partial charge < -0.3 is 4.74 Å². The lowest BCUT2D eigenvalue weighted by atomic mass is 10.1. The van der Waals surface area contributed by atoms with E-state index in [0.29, 0.717) is 16.1 Å². The summed E-state index contributed by atoms with van der Waals surface area (Å²) < 4.78 is 30.0. The molecule has 0 aliphatic carbocycles. The number of carbonyl (C=O) groups excluding carboxylic acids is 2. The minimum Gasteiger partial charge on any atom is -0.450 e. The zero-order chi connectivity index (χ0) is 19.5. The Bertz CT molecular complexity index is 914. The number of thiophene rings is 1. The summed E-state index contributed by atoms with van der Waals surface area (Å²) in [5.74, 6) is -0.873. The summed E-state index contributed by atoms with van der Waals surface area (Å²) in [7, 11) is -3.38. The Labute approximate surface area is 157 Å². The average molecular weight is 396 g/mol. The molecule has 0 bridgehead atoms. The van der Waals surface area contributed by atoms with Crippen LogP contribution in [0.5, 0.6) is 0 Å². The van der Waals surface area contributed by atoms with E-state index in [2.05, 4.69) is 4.72 Å². The number of rotatable bonds is 7. The molecule has 0 spiro atoms. The van der Waals surface area contributed by atoms with Crippen molar-refractivity contribution in [3.05, 3.63) is 51.2 Å². The summed E-state index contributed by atoms with van der Waals surface area (Å²) in [6, 6.07) is 7.72. The molecule has 1 atom stereocenters. The molecule has 1 aromatic heterocycles. The molecular formula is C18H21NO5S2. The number of hydrogen-bond donors (Lipinski definition) is 1. The lowest BCUT2D eigenvalue weighted by molar-refractivity contribution is 0.0323. The van der Waals surface area contributed by atoms with E-state index in [9.17, 15) is 18.0 Å². The van der Waals surface area contributed by atoms with Gasteiger partial charge in [-0.3, -0.25) is 9.52 Å². The first-order valence-electron chi connectivity index (χ1n) is 8.03. The van der Waals surface area contributed by atoms with Crippen molar-refractivity contribution in [2.24, 2.45) is 0 Å². The SMILES string of the molecule is CCc1sc(C(=O)O[C@H](C)C(=O)c2ccc(NS(C)(=O)=O)cc2)cc1C. The monoisotopic (exact) mass is 395 g/mol. The van der Waals surface area contributed by atoms with Crippen LogP contribution in [-0.4, -0.2) is 32.5 Å². The van der Waals surface area contributed by atoms with Crippen LogP contribution in [0.25, 0.3) is 0 Å². The fourth-order valence-corrected chi connectivity index (χ4v) is 3.96. The van der Waals surface area contributed by atoms with Gasteiger partial charge in [0.15, 0.2) is 6.10 Å². The number of anilines is 1. The molecule has 0 saturated heterocycles. The van der Waals surface area contributed by atoms with Crippen LogP contribution in [0.3, 0.4) is 0 Å². The highest BCUT2D eigenvalue weighted by Gasteiger charge is 2.22. The lowest BCUT2D eigenvalue weighted by Gasteiger charge is -2.12. The van der Waals surface area contributed by atoms with Crippen molar-refractivity contribution in [2.75, 3.05) is 11.0 Å². The van der Waals surface area contributed by atoms with Gasteiger partial charge in [0, 0.05) is 16.1 Å². The van der Waals surface area contributed by atoms with E-state index in [-0.39, 0.29) is 5.78 Å². The summed E-state index contributed by atoms with van der Waals surface area (Å²) in [4.78, 5) is 26.3. The van der Waals surface area contributed by atoms with Crippen molar-refractivity contribution in [3.8, 4) is 0 Å². The molecule has 26 heavy (non-hydrogen) atoms. The van der Waals surface area contributed by atoms with Crippen molar-refractivity contribution >= 4 is 38.8 Å². The number of hydrogen-bond acceptors (Lipinski definition) is 6. The first-order valence-corrected chi connectivity index (χ1v) is 10.7. The summed E-state index contributed by atoms with van der Waals surface area (Å²) >= 11 is 1.37. The standard InChI is InChI=1S/C18H21NO5S2/c1-5-15-11(2)10-16(25-15)18(21)24-12(3)17(20)13-6-8-14(9-7-13)19-26(4,22)23/h6-10,12,19H,5H2,1-4H3/t12-/m1/s1. The number of carbonyl (C=O) groups is 2. The van der Waals surface area contributed by atoms with Crippen LogP contribution in [0.1, 0.15) is 44.3 Å². The van der Waals surface area contributed by atoms with Crippen LogP contribution in [0, 0.1) is 6.92 Å². The van der Waals surface area contributed by atoms with Crippen LogP contribution in [-0.2, 0) is 21.2 Å². The normalized spacial score (nSPS) is 12.5. The maximum atomic E-state index is 12.4. The number of esters is 1. The predicted molar refractivity (Wildman–Crippen MR) is 103 cm³/mol. The van der Waals surface area contributed by atoms with Gasteiger partial charge in [-0.2, -0.15) is 0 Å². The molecule has 0 aliphatic heterocycles. The molecule has 0 unspecified atom stereocenters. The number of ketones is 1. The Morgan fingerprint density at radius 3 is 2.35 bits per heavy atom. The zero-order valence-electron chi connectivity index (χ0n) is 15.0. The third-order valence-corrected chi connectivity index (χ3v) is 5.64. The second kappa shape index (κ2) is 8.01. The van der Waals surface area contributed by atoms with Gasteiger partial charge in [0.25, 0.3) is 0 Å². The summed E-state index contributed by atoms with van der Waals surface area (Å²) in [5, 5.41) is 0. The summed E-state index contributed by atoms with van der Waals surface area (Å²) in [6.45, 7) is 5.47. The molecule has 0 saturated carbocycles. The summed E-state index contributed by atoms with van der Waals surface area (Å²) in [5.41, 5.74) is 1.73. The molecule has 140 valence electrons. The second-order valence-corrected chi connectivity index (χ2v) is 8.82. The third-order valence-electron chi connectivity index (χ3n) is 3.67. The topological polar surface area (TPSA) is 89.5 Å². The van der Waals surface area contributed by atoms with E-state index in [1.165, 1.54) is 42.5 Å². The van der Waals surface area contributed by atoms with Crippen molar-refractivity contribution in [3.63, 3.8) is 0 Å². The Morgan fingerprint density at radius 2 is 1.85 bits per heavy atom. The second-order valence-electron chi connectivity index (χ2n) is 5.93. The maximum Gasteiger partial charge on any atom is 0.349 e. The minimum atomic E-state index is -3.38. The molecule has 0 radical (unpaired) electrons. The van der Waals surface area contributed by atoms with Crippen molar-refractivity contribution in [1.29, 1.82) is 0 Å². The van der Waals surface area contributed by atoms with E-state index in [0.717, 1.165) is 23.1 Å². The lowest BCUT2D eigenvalue weighted by Crippen LogP contribution is -2.24. The van der Waals surface area contributed by atoms with Crippen molar-refractivity contribution in [1.82, 2.24) is 0 Å². The van der Waals surface area contributed by atoms with Crippen LogP contribution >= 0.6 is 11.3 Å². The van der Waals surface area contributed by atoms with E-state index >= 15 is 0 Å². The fraction of sp³-hybridized carbons (Fsp3) is 0.333. The van der Waals surface area contributed by atoms with Gasteiger partial charge >= 0.3 is 5.97 Å². The van der Waals surface area contributed by atoms with Gasteiger partial charge in [0.2, 0.25) is 15.8 Å². The molecule has 1 N–H and O–H groups in total. The van der Waals surface area contributed by atoms with Gasteiger partial charge in [-0.05, 0) is 56.2 Å². The van der Waals surface area contributed by atoms with Crippen LogP contribution in [0.2, 0.25) is 0 Å². The third kappa shape index (κ3) is 5.15. The smallest absolute Gasteiger partial charge is 0.349 e. The van der Waals surface area contributed by atoms with E-state index in [1.54, 1.807) is 6.07 Å². The number of ether oxygens (including phenoxy) is 1. The van der Waals surface area contributed by atoms with E-state index in [1.807, 2.05) is 13.8 Å². The van der Waals surface area contributed by atoms with E-state index < -0.39 is 22.1 Å². The molecule has 0 fully saturated rings. The molecule has 1 heterocycles. The maximum absolute atomic E-state index is 12.4. The number of nitrogens with one attached hydrogen (secondary N) is 1. The highest BCUT2D eigenvalue weighted by molar-refractivity contribution is 7.92. The molecule has 2 aromatic rings. The molecule has 1 aromatic carbocycles. The van der Waals surface area contributed by atoms with Crippen molar-refractivity contribution < 1.29 is 22.7 Å². The predicted octanol–water partition coefficient (Wildman–Crippen LogP) is 3.42. The van der Waals surface area contributed by atoms with Gasteiger partial charge in [0.1, 0.15) is 4.88 Å². The van der Waals surface area contributed by atoms with Crippen molar-refractivity contribution in [2.45, 2.75) is 33.3 Å². The van der Waals surface area contributed by atoms with Gasteiger partial charge in [-0.25, -0.2) is 13.2 Å². The van der Waals surface area contributed by atoms with Crippen LogP contribution < -0.4 is 4.72 Å². The quantitative estimate of drug-likeness (QED) is 0.573. The number of sulfonamides is 1. The Morgan fingerprint density at radius 1 is 1.23 bits per heavy atom. The molecule has 6 nitrogen and oxygen atoms in total. The minimum absolute atomic E-state index is 0.334. The van der Waals surface area contributed by atoms with Gasteiger partial charge in [-0.1, -0.05) is 6.92 Å². The zero-order valence-corrected chi connectivity index (χ0v) is 16.7. The Balaban J connectivity index is 2.05. The summed E-state index contributed by atoms with van der Waals surface area (Å²) in [6.07, 6.45) is 0.944. The number of benzene rings is 1. The molecule has 2 rings (SSSR count). The first kappa shape index (κ1) is 20.1.